The maximum Gasteiger partial charge on any atom is 0.333 e. The molecule has 0 saturated carbocycles. The van der Waals surface area contributed by atoms with Crippen molar-refractivity contribution in [2.45, 2.75) is 25.8 Å². The molecule has 7 heteroatoms. The monoisotopic (exact) mass is 294 g/mol. The van der Waals surface area contributed by atoms with Crippen molar-refractivity contribution in [1.82, 2.24) is 0 Å². The molecule has 1 heterocycles. The Morgan fingerprint density at radius 1 is 1.52 bits per heavy atom. The van der Waals surface area contributed by atoms with Gasteiger partial charge in [0.1, 0.15) is 11.7 Å². The molecule has 2 unspecified atom stereocenters. The van der Waals surface area contributed by atoms with Crippen molar-refractivity contribution in [2.24, 2.45) is 5.92 Å². The molecule has 1 aromatic rings. The Morgan fingerprint density at radius 3 is 2.81 bits per heavy atom. The standard InChI is InChI=1S/C14H18N2O5/c1-9-6-7-15(11(8-9)14(17)18)10-4-3-5-12(21-2)13(10)16(19)20/h3-5,9,11H,6-8H2,1-2H3,(H,17,18). The zero-order valence-electron chi connectivity index (χ0n) is 12.0. The average Bonchev–Trinajstić information content (AvgIpc) is 2.46. The SMILES string of the molecule is COc1cccc(N2CCC(C)CC2C(=O)O)c1[N+](=O)[O-]. The first-order chi connectivity index (χ1) is 9.95. The van der Waals surface area contributed by atoms with Crippen LogP contribution in [-0.4, -0.2) is 35.7 Å². The molecular formula is C14H18N2O5. The molecule has 0 spiro atoms. The van der Waals surface area contributed by atoms with Gasteiger partial charge in [0.25, 0.3) is 0 Å². The van der Waals surface area contributed by atoms with E-state index in [0.717, 1.165) is 6.42 Å². The van der Waals surface area contributed by atoms with E-state index in [4.69, 9.17) is 4.74 Å². The lowest BCUT2D eigenvalue weighted by molar-refractivity contribution is -0.385. The zero-order valence-corrected chi connectivity index (χ0v) is 12.0. The second-order valence-corrected chi connectivity index (χ2v) is 5.26. The van der Waals surface area contributed by atoms with Crippen molar-refractivity contribution >= 4 is 17.3 Å². The predicted octanol–water partition coefficient (Wildman–Crippen LogP) is 2.29. The number of benzene rings is 1. The number of nitro groups is 1. The highest BCUT2D eigenvalue weighted by Gasteiger charge is 2.36. The largest absolute Gasteiger partial charge is 0.490 e. The van der Waals surface area contributed by atoms with Crippen molar-refractivity contribution in [3.05, 3.63) is 28.3 Å². The average molecular weight is 294 g/mol. The topological polar surface area (TPSA) is 92.9 Å². The smallest absolute Gasteiger partial charge is 0.333 e. The minimum absolute atomic E-state index is 0.139. The van der Waals surface area contributed by atoms with Crippen LogP contribution < -0.4 is 9.64 Å². The summed E-state index contributed by atoms with van der Waals surface area (Å²) < 4.78 is 5.04. The first-order valence-corrected chi connectivity index (χ1v) is 6.76. The van der Waals surface area contributed by atoms with Crippen LogP contribution in [0.3, 0.4) is 0 Å². The Labute approximate surface area is 122 Å². The van der Waals surface area contributed by atoms with Gasteiger partial charge in [0.05, 0.1) is 12.0 Å². The molecule has 1 aliphatic rings. The highest BCUT2D eigenvalue weighted by Crippen LogP contribution is 2.40. The van der Waals surface area contributed by atoms with Gasteiger partial charge in [-0.2, -0.15) is 0 Å². The molecule has 0 bridgehead atoms. The summed E-state index contributed by atoms with van der Waals surface area (Å²) in [6, 6.07) is 3.97. The van der Waals surface area contributed by atoms with Gasteiger partial charge < -0.3 is 14.7 Å². The first-order valence-electron chi connectivity index (χ1n) is 6.76. The number of methoxy groups -OCH3 is 1. The summed E-state index contributed by atoms with van der Waals surface area (Å²) in [5.74, 6) is -0.536. The summed E-state index contributed by atoms with van der Waals surface area (Å²) in [4.78, 5) is 23.9. The summed E-state index contributed by atoms with van der Waals surface area (Å²) in [6.45, 7) is 2.47. The number of aliphatic carboxylic acids is 1. The number of nitro benzene ring substituents is 1. The molecule has 1 aliphatic heterocycles. The van der Waals surface area contributed by atoms with Gasteiger partial charge in [-0.15, -0.1) is 0 Å². The quantitative estimate of drug-likeness (QED) is 0.676. The van der Waals surface area contributed by atoms with E-state index in [0.29, 0.717) is 18.7 Å². The third kappa shape index (κ3) is 2.91. The minimum atomic E-state index is -0.960. The van der Waals surface area contributed by atoms with Gasteiger partial charge in [-0.05, 0) is 30.9 Å². The van der Waals surface area contributed by atoms with E-state index in [1.165, 1.54) is 13.2 Å². The Kier molecular flexibility index (Phi) is 4.30. The molecule has 1 saturated heterocycles. The molecule has 2 rings (SSSR count). The van der Waals surface area contributed by atoms with Crippen molar-refractivity contribution in [1.29, 1.82) is 0 Å². The van der Waals surface area contributed by atoms with E-state index in [-0.39, 0.29) is 17.4 Å². The van der Waals surface area contributed by atoms with E-state index in [1.54, 1.807) is 17.0 Å². The number of anilines is 1. The lowest BCUT2D eigenvalue weighted by Gasteiger charge is -2.37. The predicted molar refractivity (Wildman–Crippen MR) is 76.8 cm³/mol. The van der Waals surface area contributed by atoms with E-state index in [1.807, 2.05) is 6.92 Å². The van der Waals surface area contributed by atoms with Gasteiger partial charge in [-0.3, -0.25) is 10.1 Å². The van der Waals surface area contributed by atoms with Gasteiger partial charge in [0.15, 0.2) is 5.75 Å². The fourth-order valence-corrected chi connectivity index (χ4v) is 2.75. The molecule has 0 aliphatic carbocycles. The van der Waals surface area contributed by atoms with Gasteiger partial charge >= 0.3 is 11.7 Å². The van der Waals surface area contributed by atoms with Crippen molar-refractivity contribution in [3.8, 4) is 5.75 Å². The van der Waals surface area contributed by atoms with Crippen LogP contribution in [-0.2, 0) is 4.79 Å². The molecule has 7 nitrogen and oxygen atoms in total. The number of nitrogens with zero attached hydrogens (tertiary/aromatic N) is 2. The fourth-order valence-electron chi connectivity index (χ4n) is 2.75. The number of carboxylic acids is 1. The second kappa shape index (κ2) is 5.99. The number of piperidine rings is 1. The Hall–Kier alpha value is -2.31. The van der Waals surface area contributed by atoms with Crippen molar-refractivity contribution < 1.29 is 19.6 Å². The summed E-state index contributed by atoms with van der Waals surface area (Å²) in [5, 5.41) is 20.7. The summed E-state index contributed by atoms with van der Waals surface area (Å²) >= 11 is 0. The lowest BCUT2D eigenvalue weighted by Crippen LogP contribution is -2.47. The molecule has 114 valence electrons. The number of hydrogen-bond donors (Lipinski definition) is 1. The third-order valence-electron chi connectivity index (χ3n) is 3.84. The third-order valence-corrected chi connectivity index (χ3v) is 3.84. The minimum Gasteiger partial charge on any atom is -0.490 e. The lowest BCUT2D eigenvalue weighted by atomic mass is 9.91. The zero-order chi connectivity index (χ0) is 15.6. The van der Waals surface area contributed by atoms with E-state index < -0.39 is 16.9 Å². The summed E-state index contributed by atoms with van der Waals surface area (Å²) in [7, 11) is 1.36. The normalized spacial score (nSPS) is 21.9. The van der Waals surface area contributed by atoms with Crippen LogP contribution in [0, 0.1) is 16.0 Å². The maximum absolute atomic E-state index is 11.5. The molecule has 1 aromatic carbocycles. The summed E-state index contributed by atoms with van der Waals surface area (Å²) in [6.07, 6.45) is 1.28. The Morgan fingerprint density at radius 2 is 2.24 bits per heavy atom. The second-order valence-electron chi connectivity index (χ2n) is 5.26. The van der Waals surface area contributed by atoms with Crippen molar-refractivity contribution in [3.63, 3.8) is 0 Å². The molecule has 0 amide bonds. The highest BCUT2D eigenvalue weighted by molar-refractivity contribution is 5.81. The number of ether oxygens (including phenoxy) is 1. The highest BCUT2D eigenvalue weighted by atomic mass is 16.6. The first kappa shape index (κ1) is 15.1. The van der Waals surface area contributed by atoms with Gasteiger partial charge in [0.2, 0.25) is 0 Å². The molecule has 2 atom stereocenters. The van der Waals surface area contributed by atoms with Gasteiger partial charge in [0, 0.05) is 6.54 Å². The maximum atomic E-state index is 11.5. The van der Waals surface area contributed by atoms with Crippen LogP contribution in [0.15, 0.2) is 18.2 Å². The van der Waals surface area contributed by atoms with Crippen LogP contribution in [0.25, 0.3) is 0 Å². The fraction of sp³-hybridized carbons (Fsp3) is 0.500. The van der Waals surface area contributed by atoms with Crippen LogP contribution in [0.4, 0.5) is 11.4 Å². The Balaban J connectivity index is 2.49. The van der Waals surface area contributed by atoms with Crippen LogP contribution in [0.2, 0.25) is 0 Å². The van der Waals surface area contributed by atoms with E-state index in [2.05, 4.69) is 0 Å². The molecule has 0 radical (unpaired) electrons. The molecule has 21 heavy (non-hydrogen) atoms. The molecule has 1 N–H and O–H groups in total. The van der Waals surface area contributed by atoms with E-state index in [9.17, 15) is 20.0 Å². The molecular weight excluding hydrogens is 276 g/mol. The van der Waals surface area contributed by atoms with Crippen molar-refractivity contribution in [2.75, 3.05) is 18.6 Å². The van der Waals surface area contributed by atoms with Gasteiger partial charge in [-0.25, -0.2) is 4.79 Å². The number of carboxylic acid groups (broad SMARTS) is 1. The number of rotatable bonds is 4. The van der Waals surface area contributed by atoms with E-state index >= 15 is 0 Å². The number of carbonyl (C=O) groups is 1. The van der Waals surface area contributed by atoms with Crippen LogP contribution >= 0.6 is 0 Å². The Bertz CT molecular complexity index is 560. The summed E-state index contributed by atoms with van der Waals surface area (Å²) in [5.41, 5.74) is 0.124. The van der Waals surface area contributed by atoms with Crippen LogP contribution in [0.1, 0.15) is 19.8 Å². The number of para-hydroxylation sites is 1. The van der Waals surface area contributed by atoms with Gasteiger partial charge in [-0.1, -0.05) is 13.0 Å². The molecule has 0 aromatic heterocycles. The number of hydrogen-bond acceptors (Lipinski definition) is 5. The molecule has 1 fully saturated rings. The van der Waals surface area contributed by atoms with Crippen LogP contribution in [0.5, 0.6) is 5.75 Å².